The lowest BCUT2D eigenvalue weighted by atomic mass is 10.1. The summed E-state index contributed by atoms with van der Waals surface area (Å²) >= 11 is 0. The van der Waals surface area contributed by atoms with Crippen LogP contribution in [-0.4, -0.2) is 12.5 Å². The summed E-state index contributed by atoms with van der Waals surface area (Å²) in [5, 5.41) is 2.73. The predicted molar refractivity (Wildman–Crippen MR) is 59.2 cm³/mol. The fourth-order valence-corrected chi connectivity index (χ4v) is 2.03. The van der Waals surface area contributed by atoms with Crippen LogP contribution in [0.4, 0.5) is 0 Å². The van der Waals surface area contributed by atoms with Gasteiger partial charge in [-0.1, -0.05) is 30.2 Å². The first-order chi connectivity index (χ1) is 7.31. The van der Waals surface area contributed by atoms with Crippen LogP contribution in [0.25, 0.3) is 0 Å². The number of nitrogens with one attached hydrogen (secondary N) is 1. The molecule has 0 fully saturated rings. The molecule has 2 rings (SSSR count). The zero-order chi connectivity index (χ0) is 10.7. The van der Waals surface area contributed by atoms with Gasteiger partial charge in [0.1, 0.15) is 0 Å². The molecule has 76 valence electrons. The number of rotatable bonds is 2. The normalized spacial score (nSPS) is 14.3. The van der Waals surface area contributed by atoms with Crippen LogP contribution in [-0.2, 0) is 17.6 Å². The van der Waals surface area contributed by atoms with E-state index in [1.807, 2.05) is 12.1 Å². The molecule has 1 aliphatic rings. The number of hydrogen-bond donors (Lipinski definition) is 1. The number of carbonyl (C=O) groups excluding carboxylic acids is 1. The fourth-order valence-electron chi connectivity index (χ4n) is 2.03. The van der Waals surface area contributed by atoms with Gasteiger partial charge in [-0.25, -0.2) is 0 Å². The van der Waals surface area contributed by atoms with Gasteiger partial charge in [0.25, 0.3) is 0 Å². The summed E-state index contributed by atoms with van der Waals surface area (Å²) in [6.45, 7) is 0.325. The molecule has 1 N–H and O–H groups in total. The number of fused-ring (bicyclic) bond motifs is 1. The second kappa shape index (κ2) is 4.18. The smallest absolute Gasteiger partial charge is 0.224 e. The zero-order valence-corrected chi connectivity index (χ0v) is 8.49. The molecule has 2 heteroatoms. The van der Waals surface area contributed by atoms with Crippen molar-refractivity contribution < 1.29 is 4.79 Å². The highest BCUT2D eigenvalue weighted by atomic mass is 16.1. The molecule has 0 aromatic heterocycles. The number of carbonyl (C=O) groups is 1. The summed E-state index contributed by atoms with van der Waals surface area (Å²) in [7, 11) is 0. The summed E-state index contributed by atoms with van der Waals surface area (Å²) in [6, 6.07) is 8.20. The molecule has 1 amide bonds. The van der Waals surface area contributed by atoms with Crippen molar-refractivity contribution in [2.75, 3.05) is 6.54 Å². The van der Waals surface area contributed by atoms with Gasteiger partial charge in [-0.2, -0.15) is 0 Å². The van der Waals surface area contributed by atoms with E-state index in [9.17, 15) is 4.79 Å². The van der Waals surface area contributed by atoms with Crippen molar-refractivity contribution in [2.24, 2.45) is 5.92 Å². The molecular weight excluding hydrogens is 186 g/mol. The van der Waals surface area contributed by atoms with Crippen LogP contribution < -0.4 is 5.32 Å². The Bertz CT molecular complexity index is 392. The monoisotopic (exact) mass is 199 g/mol. The highest BCUT2D eigenvalue weighted by Gasteiger charge is 2.26. The first-order valence-corrected chi connectivity index (χ1v) is 5.09. The van der Waals surface area contributed by atoms with E-state index >= 15 is 0 Å². The number of terminal acetylenes is 1. The minimum atomic E-state index is 0.0655. The molecule has 1 aromatic rings. The molecule has 0 saturated carbocycles. The Hall–Kier alpha value is -1.75. The second-order valence-corrected chi connectivity index (χ2v) is 3.80. The number of hydrogen-bond acceptors (Lipinski definition) is 1. The van der Waals surface area contributed by atoms with Crippen molar-refractivity contribution in [3.05, 3.63) is 35.4 Å². The molecule has 0 heterocycles. The van der Waals surface area contributed by atoms with Gasteiger partial charge in [-0.15, -0.1) is 6.42 Å². The Morgan fingerprint density at radius 2 is 2.00 bits per heavy atom. The fraction of sp³-hybridized carbons (Fsp3) is 0.308. The third kappa shape index (κ3) is 2.02. The average molecular weight is 199 g/mol. The molecular formula is C13H13NO. The van der Waals surface area contributed by atoms with Crippen LogP contribution in [0, 0.1) is 18.3 Å². The summed E-state index contributed by atoms with van der Waals surface area (Å²) < 4.78 is 0. The van der Waals surface area contributed by atoms with E-state index < -0.39 is 0 Å². The van der Waals surface area contributed by atoms with E-state index in [0.29, 0.717) is 6.54 Å². The lowest BCUT2D eigenvalue weighted by Gasteiger charge is -2.07. The number of amides is 1. The van der Waals surface area contributed by atoms with E-state index in [1.54, 1.807) is 0 Å². The van der Waals surface area contributed by atoms with Crippen molar-refractivity contribution in [1.29, 1.82) is 0 Å². The Morgan fingerprint density at radius 1 is 1.40 bits per heavy atom. The van der Waals surface area contributed by atoms with Gasteiger partial charge in [-0.3, -0.25) is 4.79 Å². The van der Waals surface area contributed by atoms with Gasteiger partial charge < -0.3 is 5.32 Å². The van der Waals surface area contributed by atoms with Crippen LogP contribution in [0.15, 0.2) is 24.3 Å². The minimum absolute atomic E-state index is 0.0655. The van der Waals surface area contributed by atoms with E-state index in [-0.39, 0.29) is 11.8 Å². The molecule has 0 atom stereocenters. The summed E-state index contributed by atoms with van der Waals surface area (Å²) in [5.41, 5.74) is 2.58. The Labute approximate surface area is 89.7 Å². The largest absolute Gasteiger partial charge is 0.345 e. The van der Waals surface area contributed by atoms with E-state index in [0.717, 1.165) is 12.8 Å². The van der Waals surface area contributed by atoms with E-state index in [2.05, 4.69) is 23.4 Å². The maximum absolute atomic E-state index is 11.7. The van der Waals surface area contributed by atoms with Gasteiger partial charge in [0.15, 0.2) is 0 Å². The molecule has 1 aliphatic carbocycles. The molecule has 0 aliphatic heterocycles. The topological polar surface area (TPSA) is 29.1 Å². The first kappa shape index (κ1) is 9.79. The van der Waals surface area contributed by atoms with Crippen LogP contribution in [0.2, 0.25) is 0 Å². The Balaban J connectivity index is 2.01. The van der Waals surface area contributed by atoms with E-state index in [4.69, 9.17) is 6.42 Å². The average Bonchev–Trinajstić information content (AvgIpc) is 2.69. The molecule has 0 unspecified atom stereocenters. The minimum Gasteiger partial charge on any atom is -0.345 e. The summed E-state index contributed by atoms with van der Waals surface area (Å²) in [5.74, 6) is 2.55. The number of benzene rings is 1. The van der Waals surface area contributed by atoms with Gasteiger partial charge in [0.2, 0.25) is 5.91 Å². The van der Waals surface area contributed by atoms with Gasteiger partial charge in [0.05, 0.1) is 6.54 Å². The van der Waals surface area contributed by atoms with Crippen molar-refractivity contribution in [1.82, 2.24) is 5.32 Å². The maximum atomic E-state index is 11.7. The van der Waals surface area contributed by atoms with Gasteiger partial charge in [-0.05, 0) is 24.0 Å². The predicted octanol–water partition coefficient (Wildman–Crippen LogP) is 1.15. The summed E-state index contributed by atoms with van der Waals surface area (Å²) in [4.78, 5) is 11.7. The van der Waals surface area contributed by atoms with Gasteiger partial charge >= 0.3 is 0 Å². The molecule has 15 heavy (non-hydrogen) atoms. The third-order valence-corrected chi connectivity index (χ3v) is 2.79. The van der Waals surface area contributed by atoms with E-state index in [1.165, 1.54) is 11.1 Å². The zero-order valence-electron chi connectivity index (χ0n) is 8.49. The molecule has 0 radical (unpaired) electrons. The SMILES string of the molecule is C#CCNC(=O)C1Cc2ccccc2C1. The van der Waals surface area contributed by atoms with Crippen LogP contribution in [0.1, 0.15) is 11.1 Å². The molecule has 0 spiro atoms. The van der Waals surface area contributed by atoms with Crippen molar-refractivity contribution in [3.63, 3.8) is 0 Å². The summed E-state index contributed by atoms with van der Waals surface area (Å²) in [6.07, 6.45) is 6.77. The second-order valence-electron chi connectivity index (χ2n) is 3.80. The standard InChI is InChI=1S/C13H13NO/c1-2-7-14-13(15)12-8-10-5-3-4-6-11(10)9-12/h1,3-6,12H,7-9H2,(H,14,15). The quantitative estimate of drug-likeness (QED) is 0.711. The van der Waals surface area contributed by atoms with Crippen LogP contribution in [0.5, 0.6) is 0 Å². The highest BCUT2D eigenvalue weighted by Crippen LogP contribution is 2.26. The molecule has 1 aromatic carbocycles. The molecule has 0 bridgehead atoms. The first-order valence-electron chi connectivity index (χ1n) is 5.09. The lowest BCUT2D eigenvalue weighted by Crippen LogP contribution is -2.31. The van der Waals surface area contributed by atoms with Gasteiger partial charge in [0, 0.05) is 5.92 Å². The van der Waals surface area contributed by atoms with Crippen molar-refractivity contribution in [3.8, 4) is 12.3 Å². The van der Waals surface area contributed by atoms with Crippen LogP contribution >= 0.6 is 0 Å². The third-order valence-electron chi connectivity index (χ3n) is 2.79. The lowest BCUT2D eigenvalue weighted by molar-refractivity contribution is -0.124. The molecule has 2 nitrogen and oxygen atoms in total. The van der Waals surface area contributed by atoms with Crippen molar-refractivity contribution in [2.45, 2.75) is 12.8 Å². The van der Waals surface area contributed by atoms with Crippen molar-refractivity contribution >= 4 is 5.91 Å². The molecule has 0 saturated heterocycles. The Kier molecular flexibility index (Phi) is 2.73. The Morgan fingerprint density at radius 3 is 2.53 bits per heavy atom. The maximum Gasteiger partial charge on any atom is 0.224 e. The highest BCUT2D eigenvalue weighted by molar-refractivity contribution is 5.80. The van der Waals surface area contributed by atoms with Crippen LogP contribution in [0.3, 0.4) is 0 Å².